The van der Waals surface area contributed by atoms with Crippen molar-refractivity contribution in [3.05, 3.63) is 57.3 Å². The van der Waals surface area contributed by atoms with Gasteiger partial charge in [-0.1, -0.05) is 35.3 Å². The predicted octanol–water partition coefficient (Wildman–Crippen LogP) is 4.17. The van der Waals surface area contributed by atoms with Gasteiger partial charge in [-0.05, 0) is 36.2 Å². The van der Waals surface area contributed by atoms with Crippen LogP contribution in [-0.4, -0.2) is 25.6 Å². The molecule has 0 spiro atoms. The fraction of sp³-hybridized carbons (Fsp3) is 0.222. The Morgan fingerprint density at radius 3 is 2.58 bits per heavy atom. The largest absolute Gasteiger partial charge is 0.494 e. The van der Waals surface area contributed by atoms with Gasteiger partial charge in [0.15, 0.2) is 18.2 Å². The van der Waals surface area contributed by atoms with Gasteiger partial charge in [-0.25, -0.2) is 4.39 Å². The highest BCUT2D eigenvalue weighted by Gasteiger charge is 2.14. The average molecular weight is 400 g/mol. The van der Waals surface area contributed by atoms with E-state index in [1.54, 1.807) is 19.1 Å². The third kappa shape index (κ3) is 5.09. The van der Waals surface area contributed by atoms with Crippen molar-refractivity contribution in [3.63, 3.8) is 0 Å². The molecule has 138 valence electrons. The second kappa shape index (κ2) is 8.87. The molecular formula is C18H16Cl2FNO4. The molecule has 0 unspecified atom stereocenters. The average Bonchev–Trinajstić information content (AvgIpc) is 2.60. The predicted molar refractivity (Wildman–Crippen MR) is 97.4 cm³/mol. The fourth-order valence-electron chi connectivity index (χ4n) is 2.13. The quantitative estimate of drug-likeness (QED) is 0.740. The van der Waals surface area contributed by atoms with E-state index in [9.17, 15) is 14.0 Å². The highest BCUT2D eigenvalue weighted by atomic mass is 35.5. The number of benzene rings is 2. The summed E-state index contributed by atoms with van der Waals surface area (Å²) in [4.78, 5) is 23.8. The van der Waals surface area contributed by atoms with E-state index in [2.05, 4.69) is 5.32 Å². The number of aryl methyl sites for hydroxylation is 1. The Bertz CT molecular complexity index is 842. The maximum atomic E-state index is 13.6. The number of esters is 1. The highest BCUT2D eigenvalue weighted by Crippen LogP contribution is 2.32. The maximum absolute atomic E-state index is 13.6. The van der Waals surface area contributed by atoms with E-state index in [1.165, 1.54) is 25.3 Å². The number of ether oxygens (including phenoxy) is 2. The van der Waals surface area contributed by atoms with Crippen molar-refractivity contribution in [2.24, 2.45) is 0 Å². The molecule has 2 aromatic rings. The second-order valence-electron chi connectivity index (χ2n) is 5.41. The number of anilines is 1. The van der Waals surface area contributed by atoms with Crippen LogP contribution in [0.5, 0.6) is 5.75 Å². The van der Waals surface area contributed by atoms with E-state index in [0.29, 0.717) is 10.6 Å². The van der Waals surface area contributed by atoms with E-state index in [4.69, 9.17) is 32.7 Å². The molecule has 0 saturated carbocycles. The molecule has 0 aromatic heterocycles. The lowest BCUT2D eigenvalue weighted by Crippen LogP contribution is -2.22. The van der Waals surface area contributed by atoms with Crippen LogP contribution in [0.2, 0.25) is 10.0 Å². The van der Waals surface area contributed by atoms with Gasteiger partial charge in [0.2, 0.25) is 0 Å². The standard InChI is InChI=1S/C18H16Cl2FNO4/c1-10-3-5-12(19)18(17(10)20)22-15(23)9-26-16(24)8-11-4-6-14(25-2)13(21)7-11/h3-7H,8-9H2,1-2H3,(H,22,23). The van der Waals surface area contributed by atoms with Gasteiger partial charge in [-0.3, -0.25) is 9.59 Å². The van der Waals surface area contributed by atoms with Crippen LogP contribution < -0.4 is 10.1 Å². The zero-order valence-corrected chi connectivity index (χ0v) is 15.6. The first-order valence-corrected chi connectivity index (χ1v) is 8.30. The number of hydrogen-bond acceptors (Lipinski definition) is 4. The van der Waals surface area contributed by atoms with Crippen molar-refractivity contribution in [2.75, 3.05) is 19.0 Å². The number of halogens is 3. The summed E-state index contributed by atoms with van der Waals surface area (Å²) in [5.74, 6) is -1.77. The first-order valence-electron chi connectivity index (χ1n) is 7.54. The summed E-state index contributed by atoms with van der Waals surface area (Å²) >= 11 is 12.1. The van der Waals surface area contributed by atoms with Crippen molar-refractivity contribution >= 4 is 40.8 Å². The van der Waals surface area contributed by atoms with Crippen LogP contribution in [0.15, 0.2) is 30.3 Å². The number of hydrogen-bond donors (Lipinski definition) is 1. The topological polar surface area (TPSA) is 64.6 Å². The Hall–Kier alpha value is -2.31. The molecule has 8 heteroatoms. The van der Waals surface area contributed by atoms with E-state index in [1.807, 2.05) is 0 Å². The molecule has 1 N–H and O–H groups in total. The molecule has 0 radical (unpaired) electrons. The van der Waals surface area contributed by atoms with E-state index < -0.39 is 24.3 Å². The molecule has 0 aliphatic heterocycles. The van der Waals surface area contributed by atoms with Crippen LogP contribution in [0.1, 0.15) is 11.1 Å². The maximum Gasteiger partial charge on any atom is 0.310 e. The van der Waals surface area contributed by atoms with Crippen LogP contribution in [0.25, 0.3) is 0 Å². The summed E-state index contributed by atoms with van der Waals surface area (Å²) in [6, 6.07) is 7.44. The van der Waals surface area contributed by atoms with Crippen LogP contribution in [0.4, 0.5) is 10.1 Å². The van der Waals surface area contributed by atoms with Gasteiger partial charge in [0.1, 0.15) is 0 Å². The van der Waals surface area contributed by atoms with Gasteiger partial charge in [0.05, 0.1) is 29.3 Å². The lowest BCUT2D eigenvalue weighted by Gasteiger charge is -2.11. The number of carbonyl (C=O) groups excluding carboxylic acids is 2. The van der Waals surface area contributed by atoms with Crippen LogP contribution >= 0.6 is 23.2 Å². The first-order chi connectivity index (χ1) is 12.3. The molecular weight excluding hydrogens is 384 g/mol. The van der Waals surface area contributed by atoms with Crippen molar-refractivity contribution in [1.29, 1.82) is 0 Å². The normalized spacial score (nSPS) is 10.3. The molecule has 0 saturated heterocycles. The SMILES string of the molecule is COc1ccc(CC(=O)OCC(=O)Nc2c(Cl)ccc(C)c2Cl)cc1F. The Labute approximate surface area is 160 Å². The van der Waals surface area contributed by atoms with Crippen LogP contribution in [0.3, 0.4) is 0 Å². The summed E-state index contributed by atoms with van der Waals surface area (Å²) in [7, 11) is 1.34. The van der Waals surface area contributed by atoms with E-state index >= 15 is 0 Å². The number of amides is 1. The molecule has 2 aromatic carbocycles. The minimum atomic E-state index is -0.675. The van der Waals surface area contributed by atoms with Gasteiger partial charge in [-0.2, -0.15) is 0 Å². The summed E-state index contributed by atoms with van der Waals surface area (Å²) in [5.41, 5.74) is 1.40. The molecule has 0 aliphatic rings. The van der Waals surface area contributed by atoms with Crippen molar-refractivity contribution < 1.29 is 23.5 Å². The zero-order chi connectivity index (χ0) is 19.3. The molecule has 1 amide bonds. The number of rotatable bonds is 6. The van der Waals surface area contributed by atoms with Gasteiger partial charge in [0.25, 0.3) is 5.91 Å². The molecule has 0 heterocycles. The Balaban J connectivity index is 1.90. The van der Waals surface area contributed by atoms with Gasteiger partial charge in [0, 0.05) is 0 Å². The molecule has 0 aliphatic carbocycles. The third-order valence-electron chi connectivity index (χ3n) is 3.48. The smallest absolute Gasteiger partial charge is 0.310 e. The molecule has 0 atom stereocenters. The molecule has 0 fully saturated rings. The fourth-order valence-corrected chi connectivity index (χ4v) is 2.60. The van der Waals surface area contributed by atoms with Crippen molar-refractivity contribution in [3.8, 4) is 5.75 Å². The summed E-state index contributed by atoms with van der Waals surface area (Å²) in [5, 5.41) is 3.09. The Morgan fingerprint density at radius 2 is 1.92 bits per heavy atom. The first kappa shape index (κ1) is 20.0. The van der Waals surface area contributed by atoms with Crippen molar-refractivity contribution in [1.82, 2.24) is 0 Å². The number of methoxy groups -OCH3 is 1. The molecule has 5 nitrogen and oxygen atoms in total. The Morgan fingerprint density at radius 1 is 1.19 bits per heavy atom. The minimum absolute atomic E-state index is 0.0772. The second-order valence-corrected chi connectivity index (χ2v) is 6.19. The third-order valence-corrected chi connectivity index (χ3v) is 4.28. The van der Waals surface area contributed by atoms with E-state index in [0.717, 1.165) is 5.56 Å². The summed E-state index contributed by atoms with van der Waals surface area (Å²) in [6.45, 7) is 1.25. The number of carbonyl (C=O) groups is 2. The van der Waals surface area contributed by atoms with Gasteiger partial charge in [-0.15, -0.1) is 0 Å². The summed E-state index contributed by atoms with van der Waals surface area (Å²) < 4.78 is 23.3. The zero-order valence-electron chi connectivity index (χ0n) is 14.1. The monoisotopic (exact) mass is 399 g/mol. The van der Waals surface area contributed by atoms with E-state index in [-0.39, 0.29) is 22.9 Å². The van der Waals surface area contributed by atoms with Crippen LogP contribution in [0, 0.1) is 12.7 Å². The lowest BCUT2D eigenvalue weighted by molar-refractivity contribution is -0.146. The Kier molecular flexibility index (Phi) is 6.83. The van der Waals surface area contributed by atoms with Crippen LogP contribution in [-0.2, 0) is 20.7 Å². The van der Waals surface area contributed by atoms with Gasteiger partial charge >= 0.3 is 5.97 Å². The molecule has 26 heavy (non-hydrogen) atoms. The van der Waals surface area contributed by atoms with Gasteiger partial charge < -0.3 is 14.8 Å². The van der Waals surface area contributed by atoms with Crippen molar-refractivity contribution in [2.45, 2.75) is 13.3 Å². The highest BCUT2D eigenvalue weighted by molar-refractivity contribution is 6.40. The lowest BCUT2D eigenvalue weighted by atomic mass is 10.1. The number of nitrogens with one attached hydrogen (secondary N) is 1. The molecule has 0 bridgehead atoms. The minimum Gasteiger partial charge on any atom is -0.494 e. The summed E-state index contributed by atoms with van der Waals surface area (Å²) in [6.07, 6.45) is -0.180. The molecule has 2 rings (SSSR count).